The van der Waals surface area contributed by atoms with Crippen LogP contribution in [0, 0.1) is 11.3 Å². The summed E-state index contributed by atoms with van der Waals surface area (Å²) in [5.74, 6) is 0. The van der Waals surface area contributed by atoms with Gasteiger partial charge in [-0.3, -0.25) is 0 Å². The lowest BCUT2D eigenvalue weighted by molar-refractivity contribution is 1.26. The first-order valence-corrected chi connectivity index (χ1v) is 5.54. The van der Waals surface area contributed by atoms with Crippen molar-refractivity contribution < 1.29 is 0 Å². The molecule has 16 heavy (non-hydrogen) atoms. The van der Waals surface area contributed by atoms with Gasteiger partial charge in [0.1, 0.15) is 5.00 Å². The van der Waals surface area contributed by atoms with Crippen LogP contribution >= 0.6 is 11.3 Å². The number of nitrogens with zero attached hydrogens (tertiary/aromatic N) is 2. The number of nitriles is 1. The zero-order chi connectivity index (χ0) is 11.4. The van der Waals surface area contributed by atoms with Crippen molar-refractivity contribution in [2.75, 3.05) is 11.1 Å². The minimum absolute atomic E-state index is 0.435. The second-order valence-electron chi connectivity index (χ2n) is 3.22. The van der Waals surface area contributed by atoms with Gasteiger partial charge in [-0.25, -0.2) is 4.98 Å². The van der Waals surface area contributed by atoms with Gasteiger partial charge in [-0.2, -0.15) is 5.26 Å². The number of hydrogen-bond acceptors (Lipinski definition) is 5. The molecule has 80 valence electrons. The quantitative estimate of drug-likeness (QED) is 0.849. The Labute approximate surface area is 97.4 Å². The summed E-state index contributed by atoms with van der Waals surface area (Å²) >= 11 is 1.40. The fourth-order valence-corrected chi connectivity index (χ4v) is 1.87. The molecule has 0 aliphatic carbocycles. The van der Waals surface area contributed by atoms with Gasteiger partial charge in [0, 0.05) is 5.69 Å². The third kappa shape index (κ3) is 2.49. The first-order valence-electron chi connectivity index (χ1n) is 4.72. The van der Waals surface area contributed by atoms with E-state index in [0.717, 1.165) is 16.4 Å². The maximum Gasteiger partial charge on any atom is 0.189 e. The minimum atomic E-state index is 0.435. The highest BCUT2D eigenvalue weighted by Gasteiger charge is 1.99. The molecule has 2 rings (SSSR count). The molecular weight excluding hydrogens is 220 g/mol. The Morgan fingerprint density at radius 3 is 2.69 bits per heavy atom. The second-order valence-corrected chi connectivity index (χ2v) is 4.29. The summed E-state index contributed by atoms with van der Waals surface area (Å²) in [6.45, 7) is 0. The van der Waals surface area contributed by atoms with Crippen molar-refractivity contribution in [1.82, 2.24) is 4.98 Å². The number of anilines is 3. The molecule has 0 unspecified atom stereocenters. The maximum atomic E-state index is 8.54. The van der Waals surface area contributed by atoms with E-state index in [1.54, 1.807) is 6.20 Å². The molecule has 0 aliphatic heterocycles. The van der Waals surface area contributed by atoms with Crippen LogP contribution in [0.5, 0.6) is 0 Å². The first-order chi connectivity index (χ1) is 7.78. The van der Waals surface area contributed by atoms with E-state index in [9.17, 15) is 0 Å². The molecule has 4 nitrogen and oxygen atoms in total. The predicted octanol–water partition coefficient (Wildman–Crippen LogP) is 2.53. The van der Waals surface area contributed by atoms with Crippen molar-refractivity contribution in [2.24, 2.45) is 0 Å². The molecule has 3 N–H and O–H groups in total. The van der Waals surface area contributed by atoms with Gasteiger partial charge in [-0.15, -0.1) is 0 Å². The van der Waals surface area contributed by atoms with Crippen molar-refractivity contribution in [1.29, 1.82) is 5.26 Å². The SMILES string of the molecule is N#CCc1ccc(Nc2ncc(N)s2)cc1. The molecule has 0 saturated heterocycles. The molecule has 5 heteroatoms. The molecule has 0 bridgehead atoms. The number of nitrogen functional groups attached to an aromatic ring is 1. The number of thiazole rings is 1. The van der Waals surface area contributed by atoms with Gasteiger partial charge in [-0.05, 0) is 17.7 Å². The lowest BCUT2D eigenvalue weighted by Crippen LogP contribution is -1.89. The van der Waals surface area contributed by atoms with Crippen LogP contribution in [0.2, 0.25) is 0 Å². The summed E-state index contributed by atoms with van der Waals surface area (Å²) in [7, 11) is 0. The lowest BCUT2D eigenvalue weighted by Gasteiger charge is -2.02. The monoisotopic (exact) mass is 230 g/mol. The molecule has 0 radical (unpaired) electrons. The average molecular weight is 230 g/mol. The molecule has 0 amide bonds. The van der Waals surface area contributed by atoms with Crippen LogP contribution in [-0.4, -0.2) is 4.98 Å². The average Bonchev–Trinajstić information content (AvgIpc) is 2.67. The Balaban J connectivity index is 2.08. The summed E-state index contributed by atoms with van der Waals surface area (Å²) < 4.78 is 0. The normalized spacial score (nSPS) is 9.69. The van der Waals surface area contributed by atoms with Crippen LogP contribution in [0.15, 0.2) is 30.5 Å². The Hall–Kier alpha value is -2.06. The van der Waals surface area contributed by atoms with Crippen LogP contribution in [0.25, 0.3) is 0 Å². The highest BCUT2D eigenvalue weighted by Crippen LogP contribution is 2.23. The second kappa shape index (κ2) is 4.64. The topological polar surface area (TPSA) is 74.7 Å². The molecule has 1 aromatic carbocycles. The van der Waals surface area contributed by atoms with E-state index in [0.29, 0.717) is 11.4 Å². The van der Waals surface area contributed by atoms with Crippen LogP contribution in [0.4, 0.5) is 15.8 Å². The fraction of sp³-hybridized carbons (Fsp3) is 0.0909. The number of aromatic nitrogens is 1. The Morgan fingerprint density at radius 2 is 2.12 bits per heavy atom. The van der Waals surface area contributed by atoms with E-state index in [4.69, 9.17) is 11.0 Å². The van der Waals surface area contributed by atoms with Gasteiger partial charge in [0.2, 0.25) is 0 Å². The molecule has 0 atom stereocenters. The number of hydrogen-bond donors (Lipinski definition) is 2. The van der Waals surface area contributed by atoms with Gasteiger partial charge in [0.25, 0.3) is 0 Å². The van der Waals surface area contributed by atoms with Gasteiger partial charge in [-0.1, -0.05) is 23.5 Å². The first kappa shape index (κ1) is 10.5. The van der Waals surface area contributed by atoms with Crippen LogP contribution in [-0.2, 0) is 6.42 Å². The molecule has 2 aromatic rings. The summed E-state index contributed by atoms with van der Waals surface area (Å²) in [5.41, 5.74) is 7.52. The third-order valence-corrected chi connectivity index (χ3v) is 2.75. The van der Waals surface area contributed by atoms with E-state index >= 15 is 0 Å². The number of rotatable bonds is 3. The standard InChI is InChI=1S/C11H10N4S/c12-6-5-8-1-3-9(4-2-8)15-11-14-7-10(13)16-11/h1-4,7H,5,13H2,(H,14,15). The van der Waals surface area contributed by atoms with Crippen molar-refractivity contribution in [2.45, 2.75) is 6.42 Å². The van der Waals surface area contributed by atoms with Gasteiger partial charge in [0.15, 0.2) is 5.13 Å². The van der Waals surface area contributed by atoms with E-state index in [-0.39, 0.29) is 0 Å². The van der Waals surface area contributed by atoms with Crippen LogP contribution in [0.3, 0.4) is 0 Å². The van der Waals surface area contributed by atoms with Crippen molar-refractivity contribution >= 4 is 27.2 Å². The molecule has 0 spiro atoms. The van der Waals surface area contributed by atoms with Gasteiger partial charge >= 0.3 is 0 Å². The highest BCUT2D eigenvalue weighted by atomic mass is 32.1. The maximum absolute atomic E-state index is 8.54. The zero-order valence-electron chi connectivity index (χ0n) is 8.47. The van der Waals surface area contributed by atoms with Crippen LogP contribution in [0.1, 0.15) is 5.56 Å². The van der Waals surface area contributed by atoms with Gasteiger partial charge < -0.3 is 11.1 Å². The van der Waals surface area contributed by atoms with E-state index < -0.39 is 0 Å². The molecule has 0 fully saturated rings. The largest absolute Gasteiger partial charge is 0.389 e. The molecule has 1 aromatic heterocycles. The van der Waals surface area contributed by atoms with E-state index in [2.05, 4.69) is 16.4 Å². The number of nitrogens with one attached hydrogen (secondary N) is 1. The Morgan fingerprint density at radius 1 is 1.38 bits per heavy atom. The molecule has 1 heterocycles. The van der Waals surface area contributed by atoms with Crippen molar-refractivity contribution in [3.8, 4) is 6.07 Å². The highest BCUT2D eigenvalue weighted by molar-refractivity contribution is 7.19. The van der Waals surface area contributed by atoms with Crippen molar-refractivity contribution in [3.63, 3.8) is 0 Å². The fourth-order valence-electron chi connectivity index (χ4n) is 1.27. The van der Waals surface area contributed by atoms with Crippen LogP contribution < -0.4 is 11.1 Å². The van der Waals surface area contributed by atoms with E-state index in [1.807, 2.05) is 24.3 Å². The summed E-state index contributed by atoms with van der Waals surface area (Å²) in [4.78, 5) is 4.10. The Bertz CT molecular complexity index is 510. The Kier molecular flexibility index (Phi) is 3.03. The van der Waals surface area contributed by atoms with Gasteiger partial charge in [0.05, 0.1) is 18.7 Å². The third-order valence-electron chi connectivity index (χ3n) is 2.01. The smallest absolute Gasteiger partial charge is 0.189 e. The number of nitrogens with two attached hydrogens (primary N) is 1. The van der Waals surface area contributed by atoms with Crippen molar-refractivity contribution in [3.05, 3.63) is 36.0 Å². The van der Waals surface area contributed by atoms with E-state index in [1.165, 1.54) is 11.3 Å². The zero-order valence-corrected chi connectivity index (χ0v) is 9.29. The minimum Gasteiger partial charge on any atom is -0.389 e. The molecule has 0 saturated carbocycles. The predicted molar refractivity (Wildman–Crippen MR) is 65.6 cm³/mol. The summed E-state index contributed by atoms with van der Waals surface area (Å²) in [5, 5.41) is 13.1. The molecular formula is C11H10N4S. The number of benzene rings is 1. The summed E-state index contributed by atoms with van der Waals surface area (Å²) in [6.07, 6.45) is 2.06. The summed E-state index contributed by atoms with van der Waals surface area (Å²) in [6, 6.07) is 9.79. The lowest BCUT2D eigenvalue weighted by atomic mass is 10.1. The molecule has 0 aliphatic rings.